The van der Waals surface area contributed by atoms with Crippen LogP contribution in [-0.4, -0.2) is 31.1 Å². The first-order chi connectivity index (χ1) is 9.24. The molecule has 0 unspecified atom stereocenters. The van der Waals surface area contributed by atoms with Crippen LogP contribution in [0.3, 0.4) is 0 Å². The average Bonchev–Trinajstić information content (AvgIpc) is 3.24. The van der Waals surface area contributed by atoms with Gasteiger partial charge in [0.05, 0.1) is 0 Å². The van der Waals surface area contributed by atoms with Gasteiger partial charge in [0.2, 0.25) is 0 Å². The summed E-state index contributed by atoms with van der Waals surface area (Å²) in [5.74, 6) is 0.779. The van der Waals surface area contributed by atoms with Crippen molar-refractivity contribution < 1.29 is 4.39 Å². The molecule has 1 aliphatic heterocycles. The van der Waals surface area contributed by atoms with E-state index >= 15 is 0 Å². The zero-order valence-corrected chi connectivity index (χ0v) is 14.4. The molecule has 3 rings (SSSR count). The second-order valence-electron chi connectivity index (χ2n) is 5.65. The van der Waals surface area contributed by atoms with E-state index in [1.807, 2.05) is 12.1 Å². The average molecular weight is 411 g/mol. The van der Waals surface area contributed by atoms with Crippen LogP contribution in [0.4, 0.5) is 4.39 Å². The van der Waals surface area contributed by atoms with Crippen LogP contribution < -0.4 is 5.32 Å². The summed E-state index contributed by atoms with van der Waals surface area (Å²) < 4.78 is 15.3. The molecule has 0 bridgehead atoms. The van der Waals surface area contributed by atoms with E-state index in [1.54, 1.807) is 6.07 Å². The molecule has 2 nitrogen and oxygen atoms in total. The summed E-state index contributed by atoms with van der Waals surface area (Å²) in [5.41, 5.74) is 0.903. The van der Waals surface area contributed by atoms with Gasteiger partial charge in [0.1, 0.15) is 5.82 Å². The molecular formula is C15H21ClFIN2. The zero-order valence-electron chi connectivity index (χ0n) is 11.4. The molecule has 20 heavy (non-hydrogen) atoms. The molecule has 1 saturated carbocycles. The fourth-order valence-corrected chi connectivity index (χ4v) is 3.42. The fourth-order valence-electron chi connectivity index (χ4n) is 2.91. The maximum Gasteiger partial charge on any atom is 0.128 e. The zero-order chi connectivity index (χ0) is 13.2. The molecule has 1 aromatic rings. The van der Waals surface area contributed by atoms with Gasteiger partial charge in [-0.3, -0.25) is 4.90 Å². The first-order valence-electron chi connectivity index (χ1n) is 7.14. The van der Waals surface area contributed by atoms with Crippen LogP contribution in [0.2, 0.25) is 0 Å². The number of hydrogen-bond donors (Lipinski definition) is 1. The molecule has 1 heterocycles. The lowest BCUT2D eigenvalue weighted by Crippen LogP contribution is -2.45. The summed E-state index contributed by atoms with van der Waals surface area (Å²) in [5, 5.41) is 3.38. The van der Waals surface area contributed by atoms with Crippen molar-refractivity contribution in [2.45, 2.75) is 25.3 Å². The Kier molecular flexibility index (Phi) is 6.08. The Labute approximate surface area is 140 Å². The standard InChI is InChI=1S/C15H20FIN2.ClH/c16-14-4-3-12(17)10-13(14)15(9-11-1-2-11)19-7-5-18-6-8-19;/h3-4,10-11,15,18H,1-2,5-9H2;1H/t15-;/m1./s1. The van der Waals surface area contributed by atoms with E-state index < -0.39 is 0 Å². The van der Waals surface area contributed by atoms with Crippen molar-refractivity contribution in [2.75, 3.05) is 26.2 Å². The van der Waals surface area contributed by atoms with Crippen LogP contribution in [0.5, 0.6) is 0 Å². The highest BCUT2D eigenvalue weighted by Crippen LogP contribution is 2.41. The van der Waals surface area contributed by atoms with Crippen molar-refractivity contribution in [3.63, 3.8) is 0 Å². The second-order valence-corrected chi connectivity index (χ2v) is 6.89. The Bertz CT molecular complexity index is 447. The number of nitrogens with zero attached hydrogens (tertiary/aromatic N) is 1. The van der Waals surface area contributed by atoms with Crippen molar-refractivity contribution in [1.82, 2.24) is 10.2 Å². The van der Waals surface area contributed by atoms with E-state index in [0.717, 1.165) is 47.7 Å². The third-order valence-electron chi connectivity index (χ3n) is 4.16. The minimum atomic E-state index is -0.0374. The van der Waals surface area contributed by atoms with Crippen LogP contribution in [0.1, 0.15) is 30.9 Å². The van der Waals surface area contributed by atoms with E-state index in [4.69, 9.17) is 0 Å². The van der Waals surface area contributed by atoms with E-state index in [2.05, 4.69) is 32.8 Å². The van der Waals surface area contributed by atoms with Gasteiger partial charge in [0, 0.05) is 41.4 Å². The molecule has 5 heteroatoms. The summed E-state index contributed by atoms with van der Waals surface area (Å²) in [4.78, 5) is 2.46. The quantitative estimate of drug-likeness (QED) is 0.763. The molecule has 1 atom stereocenters. The van der Waals surface area contributed by atoms with E-state index in [-0.39, 0.29) is 24.3 Å². The third kappa shape index (κ3) is 4.06. The first-order valence-corrected chi connectivity index (χ1v) is 8.21. The summed E-state index contributed by atoms with van der Waals surface area (Å²) in [7, 11) is 0. The number of rotatable bonds is 4. The van der Waals surface area contributed by atoms with E-state index in [1.165, 1.54) is 12.8 Å². The molecule has 1 N–H and O–H groups in total. The number of benzene rings is 1. The third-order valence-corrected chi connectivity index (χ3v) is 4.83. The summed E-state index contributed by atoms with van der Waals surface area (Å²) in [6.45, 7) is 4.10. The maximum absolute atomic E-state index is 14.2. The molecule has 1 saturated heterocycles. The number of nitrogens with one attached hydrogen (secondary N) is 1. The lowest BCUT2D eigenvalue weighted by molar-refractivity contribution is 0.157. The van der Waals surface area contributed by atoms with Crippen LogP contribution >= 0.6 is 35.0 Å². The van der Waals surface area contributed by atoms with Crippen LogP contribution in [0.15, 0.2) is 18.2 Å². The maximum atomic E-state index is 14.2. The molecule has 112 valence electrons. The SMILES string of the molecule is Cl.Fc1ccc(I)cc1[C@@H](CC1CC1)N1CCNCC1. The van der Waals surface area contributed by atoms with Crippen molar-refractivity contribution in [3.05, 3.63) is 33.1 Å². The predicted octanol–water partition coefficient (Wildman–Crippen LogP) is 3.60. The molecule has 2 aliphatic rings. The lowest BCUT2D eigenvalue weighted by Gasteiger charge is -2.35. The lowest BCUT2D eigenvalue weighted by atomic mass is 9.98. The van der Waals surface area contributed by atoms with E-state index in [0.29, 0.717) is 0 Å². The summed E-state index contributed by atoms with van der Waals surface area (Å²) >= 11 is 2.28. The highest BCUT2D eigenvalue weighted by molar-refractivity contribution is 14.1. The van der Waals surface area contributed by atoms with Gasteiger partial charge >= 0.3 is 0 Å². The Morgan fingerprint density at radius 3 is 2.65 bits per heavy atom. The largest absolute Gasteiger partial charge is 0.314 e. The summed E-state index contributed by atoms with van der Waals surface area (Å²) in [6.07, 6.45) is 3.78. The Hall–Kier alpha value is 0.0900. The highest BCUT2D eigenvalue weighted by Gasteiger charge is 2.31. The number of halogens is 3. The van der Waals surface area contributed by atoms with Crippen LogP contribution in [0.25, 0.3) is 0 Å². The number of hydrogen-bond acceptors (Lipinski definition) is 2. The predicted molar refractivity (Wildman–Crippen MR) is 90.9 cm³/mol. The Morgan fingerprint density at radius 2 is 2.00 bits per heavy atom. The first kappa shape index (κ1) is 16.5. The Morgan fingerprint density at radius 1 is 1.30 bits per heavy atom. The van der Waals surface area contributed by atoms with E-state index in [9.17, 15) is 4.39 Å². The monoisotopic (exact) mass is 410 g/mol. The van der Waals surface area contributed by atoms with Crippen molar-refractivity contribution >= 4 is 35.0 Å². The van der Waals surface area contributed by atoms with Crippen molar-refractivity contribution in [3.8, 4) is 0 Å². The Balaban J connectivity index is 0.00000147. The molecule has 2 fully saturated rings. The molecule has 0 amide bonds. The van der Waals surface area contributed by atoms with Gasteiger partial charge in [-0.2, -0.15) is 0 Å². The molecular weight excluding hydrogens is 390 g/mol. The van der Waals surface area contributed by atoms with Gasteiger partial charge in [0.25, 0.3) is 0 Å². The van der Waals surface area contributed by atoms with Gasteiger partial charge in [0.15, 0.2) is 0 Å². The molecule has 0 aromatic heterocycles. The van der Waals surface area contributed by atoms with Gasteiger partial charge < -0.3 is 5.32 Å². The van der Waals surface area contributed by atoms with Gasteiger partial charge in [-0.25, -0.2) is 4.39 Å². The van der Waals surface area contributed by atoms with Gasteiger partial charge in [-0.1, -0.05) is 12.8 Å². The molecule has 1 aliphatic carbocycles. The smallest absolute Gasteiger partial charge is 0.128 e. The minimum Gasteiger partial charge on any atom is -0.314 e. The van der Waals surface area contributed by atoms with Gasteiger partial charge in [-0.15, -0.1) is 12.4 Å². The second kappa shape index (κ2) is 7.38. The fraction of sp³-hybridized carbons (Fsp3) is 0.600. The van der Waals surface area contributed by atoms with Crippen molar-refractivity contribution in [2.24, 2.45) is 5.92 Å². The topological polar surface area (TPSA) is 15.3 Å². The number of piperazine rings is 1. The molecule has 0 radical (unpaired) electrons. The normalized spacial score (nSPS) is 21.3. The highest BCUT2D eigenvalue weighted by atomic mass is 127. The van der Waals surface area contributed by atoms with Gasteiger partial charge in [-0.05, 0) is 53.1 Å². The molecule has 1 aromatic carbocycles. The van der Waals surface area contributed by atoms with Crippen molar-refractivity contribution in [1.29, 1.82) is 0 Å². The summed E-state index contributed by atoms with van der Waals surface area (Å²) in [6, 6.07) is 5.78. The molecule has 0 spiro atoms. The minimum absolute atomic E-state index is 0. The van der Waals surface area contributed by atoms with Crippen LogP contribution in [-0.2, 0) is 0 Å². The van der Waals surface area contributed by atoms with Crippen LogP contribution in [0, 0.1) is 15.3 Å².